The summed E-state index contributed by atoms with van der Waals surface area (Å²) in [5, 5.41) is 0. The van der Waals surface area contributed by atoms with Gasteiger partial charge in [-0.25, -0.2) is 0 Å². The number of hydrogen-bond acceptors (Lipinski definition) is 1. The summed E-state index contributed by atoms with van der Waals surface area (Å²) >= 11 is 0. The Bertz CT molecular complexity index is 624. The van der Waals surface area contributed by atoms with Crippen molar-refractivity contribution in [3.63, 3.8) is 0 Å². The Morgan fingerprint density at radius 2 is 1.90 bits per heavy atom. The molecule has 0 saturated heterocycles. The molecule has 0 spiro atoms. The number of rotatable bonds is 7. The van der Waals surface area contributed by atoms with Gasteiger partial charge in [-0.15, -0.1) is 0 Å². The quantitative estimate of drug-likeness (QED) is 0.419. The molecular formula is C28H46O. The maximum Gasteiger partial charge on any atom is 0.0614 e. The molecule has 0 aromatic rings. The van der Waals surface area contributed by atoms with Crippen molar-refractivity contribution < 1.29 is 4.74 Å². The molecule has 1 heteroatoms. The van der Waals surface area contributed by atoms with E-state index in [1.165, 1.54) is 62.5 Å². The highest BCUT2D eigenvalue weighted by atomic mass is 16.5. The summed E-state index contributed by atoms with van der Waals surface area (Å²) in [7, 11) is 1.85. The Balaban J connectivity index is 1.70. The van der Waals surface area contributed by atoms with E-state index in [0.717, 1.165) is 42.9 Å². The maximum absolute atomic E-state index is 5.63. The van der Waals surface area contributed by atoms with Gasteiger partial charge in [-0.05, 0) is 86.0 Å². The first kappa shape index (κ1) is 22.9. The van der Waals surface area contributed by atoms with Crippen molar-refractivity contribution in [3.8, 4) is 0 Å². The molecule has 3 fully saturated rings. The zero-order valence-corrected chi connectivity index (χ0v) is 19.9. The zero-order valence-electron chi connectivity index (χ0n) is 19.9. The van der Waals surface area contributed by atoms with Crippen LogP contribution in [-0.4, -0.2) is 13.2 Å². The zero-order chi connectivity index (χ0) is 21.0. The normalized spacial score (nSPS) is 36.8. The number of fused-ring (bicyclic) bond motifs is 1. The predicted molar refractivity (Wildman–Crippen MR) is 126 cm³/mol. The lowest BCUT2D eigenvalue weighted by atomic mass is 9.60. The third kappa shape index (κ3) is 5.27. The number of allylic oxidation sites excluding steroid dienone is 4. The van der Waals surface area contributed by atoms with E-state index in [4.69, 9.17) is 4.74 Å². The van der Waals surface area contributed by atoms with Gasteiger partial charge in [-0.1, -0.05) is 76.8 Å². The van der Waals surface area contributed by atoms with E-state index in [2.05, 4.69) is 46.4 Å². The molecule has 0 amide bonds. The maximum atomic E-state index is 5.63. The molecule has 5 atom stereocenters. The van der Waals surface area contributed by atoms with Crippen LogP contribution >= 0.6 is 0 Å². The lowest BCUT2D eigenvalue weighted by Gasteiger charge is -2.44. The van der Waals surface area contributed by atoms with Gasteiger partial charge < -0.3 is 4.74 Å². The summed E-state index contributed by atoms with van der Waals surface area (Å²) in [5.74, 6) is 3.44. The molecule has 164 valence electrons. The molecule has 3 rings (SSSR count). The predicted octanol–water partition coefficient (Wildman–Crippen LogP) is 8.27. The monoisotopic (exact) mass is 398 g/mol. The van der Waals surface area contributed by atoms with Crippen LogP contribution < -0.4 is 0 Å². The van der Waals surface area contributed by atoms with Gasteiger partial charge >= 0.3 is 0 Å². The van der Waals surface area contributed by atoms with Crippen LogP contribution in [0.25, 0.3) is 0 Å². The summed E-state index contributed by atoms with van der Waals surface area (Å²) in [4.78, 5) is 0. The van der Waals surface area contributed by atoms with Crippen molar-refractivity contribution in [3.05, 3.63) is 35.5 Å². The van der Waals surface area contributed by atoms with Gasteiger partial charge in [0.25, 0.3) is 0 Å². The Kier molecular flexibility index (Phi) is 7.87. The van der Waals surface area contributed by atoms with E-state index in [0.29, 0.717) is 11.5 Å². The molecule has 5 unspecified atom stereocenters. The average molecular weight is 399 g/mol. The Labute approximate surface area is 181 Å². The van der Waals surface area contributed by atoms with E-state index in [1.54, 1.807) is 5.57 Å². The summed E-state index contributed by atoms with van der Waals surface area (Å²) in [6.07, 6.45) is 19.7. The molecule has 29 heavy (non-hydrogen) atoms. The van der Waals surface area contributed by atoms with Gasteiger partial charge in [0.15, 0.2) is 0 Å². The average Bonchev–Trinajstić information content (AvgIpc) is 3.04. The molecule has 0 aliphatic heterocycles. The molecule has 0 heterocycles. The van der Waals surface area contributed by atoms with E-state index < -0.39 is 0 Å². The van der Waals surface area contributed by atoms with Crippen LogP contribution in [0.2, 0.25) is 0 Å². The summed E-state index contributed by atoms with van der Waals surface area (Å²) in [5.41, 5.74) is 5.02. The fraction of sp³-hybridized carbons (Fsp3) is 0.786. The van der Waals surface area contributed by atoms with Crippen LogP contribution in [0.3, 0.4) is 0 Å². The van der Waals surface area contributed by atoms with Crippen molar-refractivity contribution in [2.24, 2.45) is 29.1 Å². The summed E-state index contributed by atoms with van der Waals surface area (Å²) < 4.78 is 5.63. The van der Waals surface area contributed by atoms with E-state index in [1.807, 2.05) is 7.11 Å². The highest BCUT2D eigenvalue weighted by Gasteiger charge is 2.50. The second kappa shape index (κ2) is 9.99. The van der Waals surface area contributed by atoms with Crippen molar-refractivity contribution in [2.45, 2.75) is 104 Å². The molecule has 1 nitrogen and oxygen atoms in total. The van der Waals surface area contributed by atoms with Gasteiger partial charge in [0.05, 0.1) is 6.10 Å². The van der Waals surface area contributed by atoms with Crippen LogP contribution in [0.4, 0.5) is 0 Å². The molecule has 0 aromatic carbocycles. The van der Waals surface area contributed by atoms with Gasteiger partial charge in [-0.2, -0.15) is 0 Å². The molecule has 3 aliphatic carbocycles. The van der Waals surface area contributed by atoms with Crippen LogP contribution in [0.1, 0.15) is 98.3 Å². The number of ether oxygens (including phenoxy) is 1. The van der Waals surface area contributed by atoms with Crippen LogP contribution in [0.5, 0.6) is 0 Å². The van der Waals surface area contributed by atoms with E-state index in [-0.39, 0.29) is 0 Å². The van der Waals surface area contributed by atoms with Crippen molar-refractivity contribution in [1.29, 1.82) is 0 Å². The molecular weight excluding hydrogens is 352 g/mol. The first-order valence-corrected chi connectivity index (χ1v) is 12.5. The first-order chi connectivity index (χ1) is 13.8. The Morgan fingerprint density at radius 3 is 2.62 bits per heavy atom. The molecule has 0 radical (unpaired) electrons. The smallest absolute Gasteiger partial charge is 0.0614 e. The van der Waals surface area contributed by atoms with E-state index in [9.17, 15) is 0 Å². The first-order valence-electron chi connectivity index (χ1n) is 12.5. The molecule has 0 bridgehead atoms. The van der Waals surface area contributed by atoms with Crippen LogP contribution in [0.15, 0.2) is 35.5 Å². The van der Waals surface area contributed by atoms with Crippen LogP contribution in [0, 0.1) is 29.1 Å². The highest BCUT2D eigenvalue weighted by Crippen LogP contribution is 2.59. The standard InChI is InChI=1S/C28H46O/c1-20(2)9-7-10-22(4)26-16-17-27-23(11-8-18-28(26,27)5)13-14-24-19-25(29-6)15-12-21(24)3/h13-14,20,22,25-27H,3,7-12,15-19H2,1-2,4-6H3/b23-13+,24-14+. The topological polar surface area (TPSA) is 9.23 Å². The van der Waals surface area contributed by atoms with Crippen molar-refractivity contribution >= 4 is 0 Å². The Morgan fingerprint density at radius 1 is 1.10 bits per heavy atom. The lowest BCUT2D eigenvalue weighted by Crippen LogP contribution is -2.36. The van der Waals surface area contributed by atoms with Crippen molar-refractivity contribution in [1.82, 2.24) is 0 Å². The largest absolute Gasteiger partial charge is 0.381 e. The van der Waals surface area contributed by atoms with Gasteiger partial charge in [0, 0.05) is 7.11 Å². The number of methoxy groups -OCH3 is 1. The minimum Gasteiger partial charge on any atom is -0.381 e. The fourth-order valence-corrected chi connectivity index (χ4v) is 6.85. The minimum atomic E-state index is 0.379. The molecule has 3 aliphatic rings. The molecule has 3 saturated carbocycles. The fourth-order valence-electron chi connectivity index (χ4n) is 6.85. The third-order valence-corrected chi connectivity index (χ3v) is 8.67. The van der Waals surface area contributed by atoms with Gasteiger partial charge in [-0.3, -0.25) is 0 Å². The summed E-state index contributed by atoms with van der Waals surface area (Å²) in [6.45, 7) is 14.2. The van der Waals surface area contributed by atoms with Crippen molar-refractivity contribution in [2.75, 3.05) is 7.11 Å². The Hall–Kier alpha value is -0.820. The SMILES string of the molecule is C=C1CCC(OC)C/C1=C\C=C1/CCCC2(C)C1CCC2C(C)CCCC(C)C. The second-order valence-corrected chi connectivity index (χ2v) is 11.0. The number of hydrogen-bond donors (Lipinski definition) is 0. The molecule has 0 N–H and O–H groups in total. The summed E-state index contributed by atoms with van der Waals surface area (Å²) in [6, 6.07) is 0. The van der Waals surface area contributed by atoms with Gasteiger partial charge in [0.1, 0.15) is 0 Å². The minimum absolute atomic E-state index is 0.379. The second-order valence-electron chi connectivity index (χ2n) is 11.0. The van der Waals surface area contributed by atoms with Gasteiger partial charge in [0.2, 0.25) is 0 Å². The van der Waals surface area contributed by atoms with Crippen LogP contribution in [-0.2, 0) is 4.74 Å². The van der Waals surface area contributed by atoms with E-state index >= 15 is 0 Å². The molecule has 0 aromatic heterocycles. The lowest BCUT2D eigenvalue weighted by molar-refractivity contribution is 0.0907. The highest BCUT2D eigenvalue weighted by molar-refractivity contribution is 5.36. The third-order valence-electron chi connectivity index (χ3n) is 8.67.